The minimum atomic E-state index is -0.366. The van der Waals surface area contributed by atoms with Crippen LogP contribution >= 0.6 is 15.9 Å². The molecule has 1 unspecified atom stereocenters. The van der Waals surface area contributed by atoms with E-state index >= 15 is 0 Å². The zero-order chi connectivity index (χ0) is 13.5. The Morgan fingerprint density at radius 1 is 1.29 bits per heavy atom. The Labute approximate surface area is 117 Å². The summed E-state index contributed by atoms with van der Waals surface area (Å²) in [6.45, 7) is 5.65. The second kappa shape index (κ2) is 8.18. The predicted molar refractivity (Wildman–Crippen MR) is 80.1 cm³/mol. The third-order valence-corrected chi connectivity index (χ3v) is 3.80. The van der Waals surface area contributed by atoms with Gasteiger partial charge in [0.1, 0.15) is 13.6 Å². The van der Waals surface area contributed by atoms with Gasteiger partial charge in [-0.05, 0) is 26.7 Å². The highest BCUT2D eigenvalue weighted by atomic mass is 79.9. The monoisotopic (exact) mass is 294 g/mol. The number of carbonyl (C=O) groups excluding carboxylic acids is 1. The maximum Gasteiger partial charge on any atom is 0.145 e. The highest BCUT2D eigenvalue weighted by Crippen LogP contribution is 2.35. The Balaban J connectivity index is 4.77. The Hall–Kier alpha value is 0.0199. The fourth-order valence-corrected chi connectivity index (χ4v) is 2.15. The average Bonchev–Trinajstić information content (AvgIpc) is 2.28. The molecule has 1 atom stereocenters. The van der Waals surface area contributed by atoms with Gasteiger partial charge in [0.05, 0.1) is 7.85 Å². The van der Waals surface area contributed by atoms with Crippen LogP contribution < -0.4 is 0 Å². The third-order valence-electron chi connectivity index (χ3n) is 3.00. The normalized spacial score (nSPS) is 16.2. The second-order valence-electron chi connectivity index (χ2n) is 4.66. The number of ketones is 1. The van der Waals surface area contributed by atoms with Crippen molar-refractivity contribution in [3.63, 3.8) is 0 Å². The van der Waals surface area contributed by atoms with Crippen molar-refractivity contribution in [1.29, 1.82) is 0 Å². The maximum atomic E-state index is 11.4. The molecule has 0 aromatic heterocycles. The van der Waals surface area contributed by atoms with E-state index in [9.17, 15) is 4.79 Å². The van der Waals surface area contributed by atoms with Crippen LogP contribution in [0.15, 0.2) is 11.0 Å². The van der Waals surface area contributed by atoms with E-state index in [4.69, 9.17) is 15.7 Å². The molecule has 0 aromatic carbocycles. The van der Waals surface area contributed by atoms with Crippen LogP contribution in [0.4, 0.5) is 0 Å². The first-order chi connectivity index (χ1) is 7.86. The van der Waals surface area contributed by atoms with Gasteiger partial charge in [0, 0.05) is 4.32 Å². The molecule has 1 nitrogen and oxygen atoms in total. The summed E-state index contributed by atoms with van der Waals surface area (Å²) in [4.78, 5) is 11.4. The average molecular weight is 295 g/mol. The minimum absolute atomic E-state index is 0.0744. The number of rotatable bonds is 8. The molecule has 0 N–H and O–H groups in total. The van der Waals surface area contributed by atoms with Gasteiger partial charge >= 0.3 is 0 Å². The topological polar surface area (TPSA) is 17.1 Å². The molecule has 0 bridgehead atoms. The van der Waals surface area contributed by atoms with E-state index in [-0.39, 0.29) is 10.1 Å². The van der Waals surface area contributed by atoms with Crippen molar-refractivity contribution in [1.82, 2.24) is 0 Å². The molecule has 0 spiro atoms. The molecular weight excluding hydrogens is 274 g/mol. The molecule has 92 valence electrons. The van der Waals surface area contributed by atoms with E-state index in [0.717, 1.165) is 18.4 Å². The number of hydrogen-bond donors (Lipinski definition) is 0. The van der Waals surface area contributed by atoms with Crippen molar-refractivity contribution in [3.8, 4) is 0 Å². The van der Waals surface area contributed by atoms with Crippen LogP contribution in [0.25, 0.3) is 0 Å². The number of unbranched alkanes of at least 4 members (excludes halogenated alkanes) is 3. The first-order valence-corrected chi connectivity index (χ1v) is 7.05. The fourth-order valence-electron chi connectivity index (χ4n) is 1.74. The van der Waals surface area contributed by atoms with E-state index in [0.29, 0.717) is 11.8 Å². The fraction of sp³-hybridized carbons (Fsp3) is 0.769. The Kier molecular flexibility index (Phi) is 8.19. The molecule has 0 aromatic rings. The molecule has 4 radical (unpaired) electrons. The first kappa shape index (κ1) is 17.0. The molecule has 0 aliphatic heterocycles. The molecule has 17 heavy (non-hydrogen) atoms. The van der Waals surface area contributed by atoms with Crippen LogP contribution in [0.3, 0.4) is 0 Å². The second-order valence-corrected chi connectivity index (χ2v) is 6.41. The Morgan fingerprint density at radius 3 is 2.29 bits per heavy atom. The van der Waals surface area contributed by atoms with Gasteiger partial charge in [-0.1, -0.05) is 59.5 Å². The Morgan fingerprint density at radius 2 is 1.88 bits per heavy atom. The lowest BCUT2D eigenvalue weighted by Gasteiger charge is -2.27. The number of allylic oxidation sites excluding steroid dienone is 2. The molecule has 0 saturated carbocycles. The number of halogens is 1. The van der Waals surface area contributed by atoms with Gasteiger partial charge in [-0.15, -0.1) is 0 Å². The number of carbonyl (C=O) groups is 1. The van der Waals surface area contributed by atoms with Crippen LogP contribution in [-0.4, -0.2) is 25.8 Å². The quantitative estimate of drug-likeness (QED) is 0.289. The van der Waals surface area contributed by atoms with Crippen LogP contribution in [0.1, 0.15) is 52.9 Å². The SMILES string of the molecule is [B]CC(C)(Br)/C(CCCCCC)=C(/[B])C(C)=O. The first-order valence-electron chi connectivity index (χ1n) is 6.25. The molecule has 0 fully saturated rings. The van der Waals surface area contributed by atoms with Gasteiger partial charge in [-0.2, -0.15) is 0 Å². The zero-order valence-corrected chi connectivity index (χ0v) is 12.8. The van der Waals surface area contributed by atoms with Crippen molar-refractivity contribution >= 4 is 37.4 Å². The smallest absolute Gasteiger partial charge is 0.145 e. The molecule has 0 heterocycles. The molecule has 0 saturated heterocycles. The van der Waals surface area contributed by atoms with Gasteiger partial charge in [0.15, 0.2) is 0 Å². The molecule has 0 rings (SSSR count). The van der Waals surface area contributed by atoms with E-state index in [2.05, 4.69) is 22.9 Å². The van der Waals surface area contributed by atoms with Gasteiger partial charge in [0.25, 0.3) is 0 Å². The molecular formula is C13H21B2BrO. The van der Waals surface area contributed by atoms with Crippen molar-refractivity contribution in [3.05, 3.63) is 11.0 Å². The van der Waals surface area contributed by atoms with Gasteiger partial charge < -0.3 is 0 Å². The lowest BCUT2D eigenvalue weighted by molar-refractivity contribution is -0.113. The standard InChI is InChI=1S/C13H21B2BrO/c1-4-5-6-7-8-11(12(15)10(2)17)13(3,16)9-14/h4-9H2,1-3H3/b12-11+. The van der Waals surface area contributed by atoms with Gasteiger partial charge in [-0.25, -0.2) is 0 Å². The summed E-state index contributed by atoms with van der Waals surface area (Å²) in [5, 5.41) is 0. The lowest BCUT2D eigenvalue weighted by Crippen LogP contribution is -2.22. The molecule has 4 heteroatoms. The zero-order valence-electron chi connectivity index (χ0n) is 11.2. The van der Waals surface area contributed by atoms with Crippen molar-refractivity contribution in [2.24, 2.45) is 0 Å². The summed E-state index contributed by atoms with van der Waals surface area (Å²) in [7, 11) is 11.6. The highest BCUT2D eigenvalue weighted by molar-refractivity contribution is 9.10. The molecule has 0 aliphatic carbocycles. The van der Waals surface area contributed by atoms with E-state index in [1.54, 1.807) is 0 Å². The summed E-state index contributed by atoms with van der Waals surface area (Å²) >= 11 is 3.57. The summed E-state index contributed by atoms with van der Waals surface area (Å²) in [6, 6.07) is 0. The summed E-state index contributed by atoms with van der Waals surface area (Å²) in [6.07, 6.45) is 5.91. The summed E-state index contributed by atoms with van der Waals surface area (Å²) in [5.41, 5.74) is 1.31. The van der Waals surface area contributed by atoms with Crippen molar-refractivity contribution in [2.75, 3.05) is 0 Å². The van der Waals surface area contributed by atoms with Crippen LogP contribution in [0.2, 0.25) is 6.32 Å². The van der Waals surface area contributed by atoms with E-state index in [1.807, 2.05) is 6.92 Å². The third kappa shape index (κ3) is 5.94. The molecule has 0 amide bonds. The number of Topliss-reactive ketones (excluding diaryl/α,β-unsaturated/α-hetero) is 1. The number of hydrogen-bond acceptors (Lipinski definition) is 1. The molecule has 0 aliphatic rings. The largest absolute Gasteiger partial charge is 0.296 e. The summed E-state index contributed by atoms with van der Waals surface area (Å²) in [5.74, 6) is -0.0744. The van der Waals surface area contributed by atoms with Crippen molar-refractivity contribution < 1.29 is 4.79 Å². The van der Waals surface area contributed by atoms with Gasteiger partial charge in [-0.3, -0.25) is 4.79 Å². The number of alkyl halides is 1. The van der Waals surface area contributed by atoms with E-state index in [1.165, 1.54) is 26.2 Å². The lowest BCUT2D eigenvalue weighted by atomic mass is 9.76. The predicted octanol–water partition coefficient (Wildman–Crippen LogP) is 3.71. The minimum Gasteiger partial charge on any atom is -0.296 e. The van der Waals surface area contributed by atoms with Crippen LogP contribution in [0.5, 0.6) is 0 Å². The van der Waals surface area contributed by atoms with E-state index < -0.39 is 0 Å². The van der Waals surface area contributed by atoms with Crippen LogP contribution in [-0.2, 0) is 4.79 Å². The van der Waals surface area contributed by atoms with Gasteiger partial charge in [0.2, 0.25) is 0 Å². The summed E-state index contributed by atoms with van der Waals surface area (Å²) < 4.78 is -0.366. The highest BCUT2D eigenvalue weighted by Gasteiger charge is 2.25. The van der Waals surface area contributed by atoms with Crippen molar-refractivity contribution in [2.45, 2.75) is 63.5 Å². The Bertz CT molecular complexity index is 285. The van der Waals surface area contributed by atoms with Crippen LogP contribution in [0, 0.1) is 0 Å². The maximum absolute atomic E-state index is 11.4.